The lowest BCUT2D eigenvalue weighted by molar-refractivity contribution is 0.411. The fraction of sp³-hybridized carbons (Fsp3) is 0.333. The molecule has 5 nitrogen and oxygen atoms in total. The van der Waals surface area contributed by atoms with Crippen molar-refractivity contribution in [3.8, 4) is 11.3 Å². The monoisotopic (exact) mass is 347 g/mol. The summed E-state index contributed by atoms with van der Waals surface area (Å²) >= 11 is 0. The molecule has 1 saturated carbocycles. The van der Waals surface area contributed by atoms with E-state index < -0.39 is 0 Å². The zero-order valence-electron chi connectivity index (χ0n) is 15.1. The molecule has 0 unspecified atom stereocenters. The number of aromatic nitrogens is 2. The van der Waals surface area contributed by atoms with Crippen LogP contribution in [0.5, 0.6) is 0 Å². The zero-order valence-corrected chi connectivity index (χ0v) is 15.1. The largest absolute Gasteiger partial charge is 0.388 e. The van der Waals surface area contributed by atoms with Crippen LogP contribution in [0.25, 0.3) is 22.2 Å². The molecule has 2 aromatic heterocycles. The summed E-state index contributed by atoms with van der Waals surface area (Å²) < 4.78 is 0. The van der Waals surface area contributed by atoms with Crippen molar-refractivity contribution in [1.82, 2.24) is 9.97 Å². The van der Waals surface area contributed by atoms with Gasteiger partial charge in [0.1, 0.15) is 5.82 Å². The fourth-order valence-electron chi connectivity index (χ4n) is 3.60. The minimum absolute atomic E-state index is 0.344. The highest BCUT2D eigenvalue weighted by atomic mass is 15.0. The van der Waals surface area contributed by atoms with Gasteiger partial charge in [-0.3, -0.25) is 4.98 Å². The van der Waals surface area contributed by atoms with Crippen LogP contribution in [-0.4, -0.2) is 29.1 Å². The predicted molar refractivity (Wildman–Crippen MR) is 108 cm³/mol. The number of hydrogen-bond donors (Lipinski definition) is 3. The summed E-state index contributed by atoms with van der Waals surface area (Å²) in [6, 6.07) is 15.2. The molecule has 5 heteroatoms. The van der Waals surface area contributed by atoms with Crippen molar-refractivity contribution < 1.29 is 0 Å². The Morgan fingerprint density at radius 3 is 2.54 bits per heavy atom. The number of nitrogens with one attached hydrogen (secondary N) is 2. The van der Waals surface area contributed by atoms with E-state index in [1.807, 2.05) is 19.3 Å². The normalized spacial score (nSPS) is 20.1. The van der Waals surface area contributed by atoms with Crippen molar-refractivity contribution in [3.63, 3.8) is 0 Å². The van der Waals surface area contributed by atoms with Gasteiger partial charge in [-0.15, -0.1) is 0 Å². The van der Waals surface area contributed by atoms with E-state index in [0.717, 1.165) is 59.3 Å². The maximum Gasteiger partial charge on any atom is 0.136 e. The molecule has 0 atom stereocenters. The first kappa shape index (κ1) is 16.8. The summed E-state index contributed by atoms with van der Waals surface area (Å²) in [5.41, 5.74) is 10.1. The molecule has 0 spiro atoms. The second kappa shape index (κ2) is 7.30. The average Bonchev–Trinajstić information content (AvgIpc) is 2.69. The minimum Gasteiger partial charge on any atom is -0.388 e. The molecule has 1 aliphatic rings. The zero-order chi connectivity index (χ0) is 17.9. The van der Waals surface area contributed by atoms with Crippen LogP contribution in [0.4, 0.5) is 11.5 Å². The number of fused-ring (bicyclic) bond motifs is 1. The van der Waals surface area contributed by atoms with Crippen LogP contribution in [0, 0.1) is 0 Å². The summed E-state index contributed by atoms with van der Waals surface area (Å²) in [5.74, 6) is 0.920. The Kier molecular flexibility index (Phi) is 4.71. The Morgan fingerprint density at radius 2 is 1.81 bits per heavy atom. The van der Waals surface area contributed by atoms with Crippen molar-refractivity contribution in [3.05, 3.63) is 48.7 Å². The molecule has 4 N–H and O–H groups in total. The quantitative estimate of drug-likeness (QED) is 0.664. The van der Waals surface area contributed by atoms with E-state index in [9.17, 15) is 0 Å². The van der Waals surface area contributed by atoms with E-state index in [1.165, 1.54) is 0 Å². The molecular weight excluding hydrogens is 322 g/mol. The summed E-state index contributed by atoms with van der Waals surface area (Å²) in [6.07, 6.45) is 6.15. The van der Waals surface area contributed by atoms with Gasteiger partial charge in [0.05, 0.1) is 11.2 Å². The number of anilines is 2. The lowest BCUT2D eigenvalue weighted by Crippen LogP contribution is -2.33. The molecule has 1 aliphatic carbocycles. The number of hydrogen-bond acceptors (Lipinski definition) is 5. The molecule has 0 saturated heterocycles. The molecule has 134 valence electrons. The molecule has 0 amide bonds. The molecular formula is C21H25N5. The van der Waals surface area contributed by atoms with Gasteiger partial charge in [0.25, 0.3) is 0 Å². The van der Waals surface area contributed by atoms with Gasteiger partial charge in [0, 0.05) is 42.0 Å². The molecule has 1 fully saturated rings. The van der Waals surface area contributed by atoms with E-state index in [1.54, 1.807) is 0 Å². The summed E-state index contributed by atoms with van der Waals surface area (Å²) in [5, 5.41) is 7.87. The van der Waals surface area contributed by atoms with Crippen molar-refractivity contribution >= 4 is 22.4 Å². The van der Waals surface area contributed by atoms with Gasteiger partial charge in [-0.1, -0.05) is 12.1 Å². The van der Waals surface area contributed by atoms with E-state index in [4.69, 9.17) is 10.7 Å². The molecule has 2 heterocycles. The fourth-order valence-corrected chi connectivity index (χ4v) is 3.60. The Labute approximate surface area is 154 Å². The second-order valence-electron chi connectivity index (χ2n) is 7.01. The standard InChI is InChI=1S/C21H25N5/c1-23-16-8-4-14(5-9-16)19-13-20-18(3-2-12-24-20)21(26-19)25-17-10-6-15(22)7-11-17/h2-5,8-9,12-13,15,17,23H,6-7,10-11,22H2,1H3,(H,25,26). The first-order valence-electron chi connectivity index (χ1n) is 9.29. The smallest absolute Gasteiger partial charge is 0.136 e. The number of nitrogens with two attached hydrogens (primary N) is 1. The van der Waals surface area contributed by atoms with Crippen LogP contribution in [0.3, 0.4) is 0 Å². The maximum atomic E-state index is 6.05. The Bertz CT molecular complexity index is 883. The number of rotatable bonds is 4. The number of nitrogens with zero attached hydrogens (tertiary/aromatic N) is 2. The van der Waals surface area contributed by atoms with E-state index in [2.05, 4.69) is 52.0 Å². The lowest BCUT2D eigenvalue weighted by Gasteiger charge is -2.27. The van der Waals surface area contributed by atoms with Crippen LogP contribution >= 0.6 is 0 Å². The SMILES string of the molecule is CNc1ccc(-c2cc3ncccc3c(NC3CCC(N)CC3)n2)cc1. The number of pyridine rings is 2. The highest BCUT2D eigenvalue weighted by Gasteiger charge is 2.20. The number of benzene rings is 1. The van der Waals surface area contributed by atoms with Gasteiger partial charge < -0.3 is 16.4 Å². The first-order valence-corrected chi connectivity index (χ1v) is 9.29. The Balaban J connectivity index is 1.70. The molecule has 3 aromatic rings. The molecule has 0 aliphatic heterocycles. The van der Waals surface area contributed by atoms with Crippen LogP contribution in [-0.2, 0) is 0 Å². The predicted octanol–water partition coefficient (Wildman–Crippen LogP) is 4.02. The summed E-state index contributed by atoms with van der Waals surface area (Å²) in [4.78, 5) is 9.49. The van der Waals surface area contributed by atoms with Crippen LogP contribution in [0.1, 0.15) is 25.7 Å². The van der Waals surface area contributed by atoms with Gasteiger partial charge in [-0.25, -0.2) is 4.98 Å². The van der Waals surface area contributed by atoms with Crippen LogP contribution in [0.15, 0.2) is 48.7 Å². The Hall–Kier alpha value is -2.66. The lowest BCUT2D eigenvalue weighted by atomic mass is 9.92. The molecule has 0 bridgehead atoms. The van der Waals surface area contributed by atoms with Crippen molar-refractivity contribution in [2.45, 2.75) is 37.8 Å². The van der Waals surface area contributed by atoms with Gasteiger partial charge >= 0.3 is 0 Å². The molecule has 4 rings (SSSR count). The molecule has 0 radical (unpaired) electrons. The van der Waals surface area contributed by atoms with Crippen LogP contribution < -0.4 is 16.4 Å². The average molecular weight is 347 g/mol. The van der Waals surface area contributed by atoms with Gasteiger partial charge in [0.2, 0.25) is 0 Å². The van der Waals surface area contributed by atoms with Crippen molar-refractivity contribution in [1.29, 1.82) is 0 Å². The second-order valence-corrected chi connectivity index (χ2v) is 7.01. The summed E-state index contributed by atoms with van der Waals surface area (Å²) in [6.45, 7) is 0. The minimum atomic E-state index is 0.344. The Morgan fingerprint density at radius 1 is 1.04 bits per heavy atom. The molecule has 26 heavy (non-hydrogen) atoms. The third-order valence-corrected chi connectivity index (χ3v) is 5.18. The van der Waals surface area contributed by atoms with Gasteiger partial charge in [0.15, 0.2) is 0 Å². The summed E-state index contributed by atoms with van der Waals surface area (Å²) in [7, 11) is 1.92. The van der Waals surface area contributed by atoms with Crippen molar-refractivity contribution in [2.75, 3.05) is 17.7 Å². The molecule has 1 aromatic carbocycles. The van der Waals surface area contributed by atoms with Gasteiger partial charge in [-0.2, -0.15) is 0 Å². The highest BCUT2D eigenvalue weighted by molar-refractivity contribution is 5.92. The third kappa shape index (κ3) is 3.48. The maximum absolute atomic E-state index is 6.05. The highest BCUT2D eigenvalue weighted by Crippen LogP contribution is 2.29. The van der Waals surface area contributed by atoms with Gasteiger partial charge in [-0.05, 0) is 56.0 Å². The first-order chi connectivity index (χ1) is 12.7. The topological polar surface area (TPSA) is 75.9 Å². The van der Waals surface area contributed by atoms with Crippen LogP contribution in [0.2, 0.25) is 0 Å². The van der Waals surface area contributed by atoms with E-state index in [0.29, 0.717) is 12.1 Å². The van der Waals surface area contributed by atoms with E-state index in [-0.39, 0.29) is 0 Å². The van der Waals surface area contributed by atoms with Crippen molar-refractivity contribution in [2.24, 2.45) is 5.73 Å². The van der Waals surface area contributed by atoms with E-state index >= 15 is 0 Å². The third-order valence-electron chi connectivity index (χ3n) is 5.18.